The molecule has 0 fully saturated rings. The molecule has 1 amide bonds. The predicted octanol–water partition coefficient (Wildman–Crippen LogP) is 4.09. The minimum absolute atomic E-state index is 0.0878. The highest BCUT2D eigenvalue weighted by Crippen LogP contribution is 2.24. The highest BCUT2D eigenvalue weighted by atomic mass is 79.9. The number of non-ortho nitro benzene ring substituents is 1. The Balaban J connectivity index is 1.81. The Kier molecular flexibility index (Phi) is 6.60. The van der Waals surface area contributed by atoms with Gasteiger partial charge in [-0.3, -0.25) is 14.9 Å². The standard InChI is InChI=1S/C20H16BrN3O5S/c21-18-10-9-15(20(25)23-16-7-4-8-17(12-16)24(26)27)11-19(18)30(28,29)22-13-14-5-2-1-3-6-14/h1-12,22H,13H2,(H,23,25). The van der Waals surface area contributed by atoms with Gasteiger partial charge < -0.3 is 5.32 Å². The van der Waals surface area contributed by atoms with E-state index in [9.17, 15) is 23.3 Å². The lowest BCUT2D eigenvalue weighted by atomic mass is 10.2. The normalized spacial score (nSPS) is 11.1. The fourth-order valence-electron chi connectivity index (χ4n) is 2.60. The van der Waals surface area contributed by atoms with Gasteiger partial charge in [-0.1, -0.05) is 36.4 Å². The third-order valence-corrected chi connectivity index (χ3v) is 6.50. The number of rotatable bonds is 7. The molecule has 3 rings (SSSR count). The molecule has 154 valence electrons. The second-order valence-electron chi connectivity index (χ2n) is 6.22. The smallest absolute Gasteiger partial charge is 0.271 e. The van der Waals surface area contributed by atoms with Gasteiger partial charge in [0.1, 0.15) is 0 Å². The van der Waals surface area contributed by atoms with E-state index in [-0.39, 0.29) is 28.4 Å². The first kappa shape index (κ1) is 21.6. The molecule has 0 aliphatic carbocycles. The molecule has 0 spiro atoms. The molecule has 0 radical (unpaired) electrons. The fourth-order valence-corrected chi connectivity index (χ4v) is 4.61. The summed E-state index contributed by atoms with van der Waals surface area (Å²) in [6.45, 7) is 0.0969. The number of benzene rings is 3. The summed E-state index contributed by atoms with van der Waals surface area (Å²) in [6.07, 6.45) is 0. The summed E-state index contributed by atoms with van der Waals surface area (Å²) in [4.78, 5) is 22.8. The number of carbonyl (C=O) groups excluding carboxylic acids is 1. The zero-order chi connectivity index (χ0) is 21.7. The Morgan fingerprint density at radius 3 is 2.43 bits per heavy atom. The first-order chi connectivity index (χ1) is 14.3. The second-order valence-corrected chi connectivity index (χ2v) is 8.81. The molecule has 0 unspecified atom stereocenters. The Bertz CT molecular complexity index is 1200. The number of nitro benzene ring substituents is 1. The molecule has 30 heavy (non-hydrogen) atoms. The van der Waals surface area contributed by atoms with Crippen LogP contribution in [0.4, 0.5) is 11.4 Å². The van der Waals surface area contributed by atoms with Gasteiger partial charge in [-0.05, 0) is 45.8 Å². The minimum atomic E-state index is -3.90. The Morgan fingerprint density at radius 1 is 1.00 bits per heavy atom. The molecule has 0 saturated heterocycles. The van der Waals surface area contributed by atoms with Gasteiger partial charge in [0.05, 0.1) is 9.82 Å². The van der Waals surface area contributed by atoms with Crippen molar-refractivity contribution in [3.8, 4) is 0 Å². The highest BCUT2D eigenvalue weighted by Gasteiger charge is 2.20. The van der Waals surface area contributed by atoms with Crippen molar-refractivity contribution in [3.05, 3.63) is 98.5 Å². The summed E-state index contributed by atoms with van der Waals surface area (Å²) in [6, 6.07) is 18.6. The molecule has 2 N–H and O–H groups in total. The molecule has 3 aromatic rings. The summed E-state index contributed by atoms with van der Waals surface area (Å²) in [7, 11) is -3.90. The van der Waals surface area contributed by atoms with Crippen molar-refractivity contribution in [2.45, 2.75) is 11.4 Å². The van der Waals surface area contributed by atoms with Gasteiger partial charge in [0, 0.05) is 34.4 Å². The van der Waals surface area contributed by atoms with E-state index in [1.54, 1.807) is 24.3 Å². The largest absolute Gasteiger partial charge is 0.322 e. The van der Waals surface area contributed by atoms with Gasteiger partial charge in [0.25, 0.3) is 11.6 Å². The average molecular weight is 490 g/mol. The lowest BCUT2D eigenvalue weighted by Gasteiger charge is -2.11. The van der Waals surface area contributed by atoms with Crippen LogP contribution >= 0.6 is 15.9 Å². The van der Waals surface area contributed by atoms with Crippen molar-refractivity contribution < 1.29 is 18.1 Å². The third-order valence-electron chi connectivity index (χ3n) is 4.11. The number of nitrogens with one attached hydrogen (secondary N) is 2. The van der Waals surface area contributed by atoms with E-state index in [1.165, 1.54) is 42.5 Å². The molecule has 3 aromatic carbocycles. The maximum atomic E-state index is 12.7. The number of sulfonamides is 1. The maximum absolute atomic E-state index is 12.7. The first-order valence-corrected chi connectivity index (χ1v) is 10.9. The Morgan fingerprint density at radius 2 is 1.73 bits per heavy atom. The van der Waals surface area contributed by atoms with E-state index in [0.717, 1.165) is 5.56 Å². The molecule has 0 saturated carbocycles. The maximum Gasteiger partial charge on any atom is 0.271 e. The molecule has 0 aromatic heterocycles. The molecule has 0 bridgehead atoms. The summed E-state index contributed by atoms with van der Waals surface area (Å²) < 4.78 is 28.3. The summed E-state index contributed by atoms with van der Waals surface area (Å²) in [5, 5.41) is 13.4. The Labute approximate surface area is 181 Å². The van der Waals surface area contributed by atoms with E-state index in [1.807, 2.05) is 6.07 Å². The molecule has 0 heterocycles. The average Bonchev–Trinajstić information content (AvgIpc) is 2.73. The van der Waals surface area contributed by atoms with Crippen LogP contribution in [-0.2, 0) is 16.6 Å². The molecule has 0 atom stereocenters. The van der Waals surface area contributed by atoms with Gasteiger partial charge in [0.2, 0.25) is 10.0 Å². The van der Waals surface area contributed by atoms with Crippen LogP contribution in [0.1, 0.15) is 15.9 Å². The van der Waals surface area contributed by atoms with Crippen molar-refractivity contribution in [1.29, 1.82) is 0 Å². The number of hydrogen-bond donors (Lipinski definition) is 2. The van der Waals surface area contributed by atoms with Gasteiger partial charge in [-0.25, -0.2) is 13.1 Å². The topological polar surface area (TPSA) is 118 Å². The van der Waals surface area contributed by atoms with E-state index >= 15 is 0 Å². The highest BCUT2D eigenvalue weighted by molar-refractivity contribution is 9.10. The molecule has 0 aliphatic heterocycles. The lowest BCUT2D eigenvalue weighted by molar-refractivity contribution is -0.384. The van der Waals surface area contributed by atoms with Crippen molar-refractivity contribution in [2.24, 2.45) is 0 Å². The number of halogens is 1. The predicted molar refractivity (Wildman–Crippen MR) is 116 cm³/mol. The van der Waals surface area contributed by atoms with Gasteiger partial charge in [-0.15, -0.1) is 0 Å². The van der Waals surface area contributed by atoms with Crippen molar-refractivity contribution >= 4 is 43.2 Å². The van der Waals surface area contributed by atoms with Crippen molar-refractivity contribution in [2.75, 3.05) is 5.32 Å². The van der Waals surface area contributed by atoms with Gasteiger partial charge in [-0.2, -0.15) is 0 Å². The van der Waals surface area contributed by atoms with Crippen LogP contribution in [0.5, 0.6) is 0 Å². The summed E-state index contributed by atoms with van der Waals surface area (Å²) >= 11 is 3.21. The number of anilines is 1. The second kappa shape index (κ2) is 9.16. The number of nitro groups is 1. The summed E-state index contributed by atoms with van der Waals surface area (Å²) in [5.74, 6) is -0.595. The van der Waals surface area contributed by atoms with Crippen LogP contribution in [-0.4, -0.2) is 19.2 Å². The monoisotopic (exact) mass is 489 g/mol. The summed E-state index contributed by atoms with van der Waals surface area (Å²) in [5.41, 5.74) is 0.933. The molecular formula is C20H16BrN3O5S. The van der Waals surface area contributed by atoms with Crippen molar-refractivity contribution in [1.82, 2.24) is 4.72 Å². The number of hydrogen-bond acceptors (Lipinski definition) is 5. The van der Waals surface area contributed by atoms with Crippen molar-refractivity contribution in [3.63, 3.8) is 0 Å². The zero-order valence-corrected chi connectivity index (χ0v) is 17.8. The van der Waals surface area contributed by atoms with E-state index in [0.29, 0.717) is 4.47 Å². The zero-order valence-electron chi connectivity index (χ0n) is 15.4. The quantitative estimate of drug-likeness (QED) is 0.382. The number of amides is 1. The molecule has 8 nitrogen and oxygen atoms in total. The van der Waals surface area contributed by atoms with Crippen LogP contribution in [0, 0.1) is 10.1 Å². The molecule has 0 aliphatic rings. The van der Waals surface area contributed by atoms with Gasteiger partial charge >= 0.3 is 0 Å². The van der Waals surface area contributed by atoms with Crippen LogP contribution in [0.25, 0.3) is 0 Å². The van der Waals surface area contributed by atoms with Crippen LogP contribution in [0.3, 0.4) is 0 Å². The molecular weight excluding hydrogens is 474 g/mol. The van der Waals surface area contributed by atoms with E-state index < -0.39 is 20.9 Å². The minimum Gasteiger partial charge on any atom is -0.322 e. The SMILES string of the molecule is O=C(Nc1cccc([N+](=O)[O-])c1)c1ccc(Br)c(S(=O)(=O)NCc2ccccc2)c1. The first-order valence-electron chi connectivity index (χ1n) is 8.65. The Hall–Kier alpha value is -3.08. The van der Waals surface area contributed by atoms with E-state index in [4.69, 9.17) is 0 Å². The third kappa shape index (κ3) is 5.29. The fraction of sp³-hybridized carbons (Fsp3) is 0.0500. The number of nitrogens with zero attached hydrogens (tertiary/aromatic N) is 1. The van der Waals surface area contributed by atoms with Crippen LogP contribution in [0.15, 0.2) is 82.2 Å². The number of carbonyl (C=O) groups is 1. The molecule has 10 heteroatoms. The van der Waals surface area contributed by atoms with Gasteiger partial charge in [0.15, 0.2) is 0 Å². The lowest BCUT2D eigenvalue weighted by Crippen LogP contribution is -2.24. The van der Waals surface area contributed by atoms with Crippen LogP contribution < -0.4 is 10.0 Å². The van der Waals surface area contributed by atoms with E-state index in [2.05, 4.69) is 26.0 Å². The van der Waals surface area contributed by atoms with Crippen LogP contribution in [0.2, 0.25) is 0 Å².